The third-order valence-corrected chi connectivity index (χ3v) is 1.60. The lowest BCUT2D eigenvalue weighted by Crippen LogP contribution is -2.14. The van der Waals surface area contributed by atoms with Crippen molar-refractivity contribution in [2.75, 3.05) is 11.2 Å². The van der Waals surface area contributed by atoms with Crippen LogP contribution >= 0.6 is 11.6 Å². The summed E-state index contributed by atoms with van der Waals surface area (Å²) in [5.74, 6) is 0.933. The number of carbonyl (C=O) groups is 1. The molecule has 0 aromatic carbocycles. The van der Waals surface area contributed by atoms with Crippen molar-refractivity contribution < 1.29 is 4.79 Å². The Labute approximate surface area is 75.5 Å². The van der Waals surface area contributed by atoms with Crippen LogP contribution in [0.1, 0.15) is 6.42 Å². The van der Waals surface area contributed by atoms with Crippen molar-refractivity contribution >= 4 is 23.3 Å². The first-order valence-electron chi connectivity index (χ1n) is 3.58. The van der Waals surface area contributed by atoms with Gasteiger partial charge in [0.25, 0.3) is 0 Å². The molecule has 0 atom stereocenters. The third-order valence-electron chi connectivity index (χ3n) is 1.41. The second kappa shape index (κ2) is 4.11. The van der Waals surface area contributed by atoms with Crippen LogP contribution in [-0.2, 0) is 11.8 Å². The summed E-state index contributed by atoms with van der Waals surface area (Å²) in [7, 11) is 1.76. The van der Waals surface area contributed by atoms with Gasteiger partial charge in [0, 0.05) is 25.4 Å². The van der Waals surface area contributed by atoms with Crippen LogP contribution in [0, 0.1) is 0 Å². The van der Waals surface area contributed by atoms with E-state index in [0.717, 1.165) is 0 Å². The fourth-order valence-corrected chi connectivity index (χ4v) is 0.959. The molecule has 1 aromatic rings. The highest BCUT2D eigenvalue weighted by atomic mass is 35.5. The Bertz CT molecular complexity index is 271. The molecule has 1 amide bonds. The highest BCUT2D eigenvalue weighted by Crippen LogP contribution is 2.03. The molecule has 0 aliphatic heterocycles. The molecule has 1 aromatic heterocycles. The molecule has 4 nitrogen and oxygen atoms in total. The van der Waals surface area contributed by atoms with Gasteiger partial charge in [0.15, 0.2) is 0 Å². The molecule has 1 heterocycles. The molecule has 1 rings (SSSR count). The van der Waals surface area contributed by atoms with Crippen LogP contribution in [0.4, 0.5) is 5.82 Å². The first-order valence-corrected chi connectivity index (χ1v) is 4.11. The maximum atomic E-state index is 11.0. The van der Waals surface area contributed by atoms with Gasteiger partial charge in [-0.3, -0.25) is 9.48 Å². The van der Waals surface area contributed by atoms with E-state index in [1.807, 2.05) is 0 Å². The molecule has 0 aliphatic rings. The second-order valence-corrected chi connectivity index (χ2v) is 2.71. The van der Waals surface area contributed by atoms with Gasteiger partial charge >= 0.3 is 0 Å². The van der Waals surface area contributed by atoms with Crippen LogP contribution in [0.2, 0.25) is 0 Å². The molecule has 0 saturated carbocycles. The summed E-state index contributed by atoms with van der Waals surface area (Å²) < 4.78 is 1.59. The molecule has 0 saturated heterocycles. The molecule has 12 heavy (non-hydrogen) atoms. The molecule has 5 heteroatoms. The van der Waals surface area contributed by atoms with Crippen molar-refractivity contribution in [3.05, 3.63) is 12.3 Å². The minimum Gasteiger partial charge on any atom is -0.311 e. The third kappa shape index (κ3) is 2.23. The van der Waals surface area contributed by atoms with E-state index in [1.54, 1.807) is 24.0 Å². The number of nitrogens with one attached hydrogen (secondary N) is 1. The summed E-state index contributed by atoms with van der Waals surface area (Å²) in [6.07, 6.45) is 1.95. The standard InChI is InChI=1S/C7H10ClN3O/c1-11-6(3-5-9-11)10-7(12)2-4-8/h3,5H,2,4H2,1H3,(H,10,12). The van der Waals surface area contributed by atoms with E-state index < -0.39 is 0 Å². The highest BCUT2D eigenvalue weighted by molar-refractivity contribution is 6.19. The quantitative estimate of drug-likeness (QED) is 0.718. The van der Waals surface area contributed by atoms with Crippen molar-refractivity contribution in [3.8, 4) is 0 Å². The summed E-state index contributed by atoms with van der Waals surface area (Å²) in [6.45, 7) is 0. The predicted molar refractivity (Wildman–Crippen MR) is 47.2 cm³/mol. The smallest absolute Gasteiger partial charge is 0.226 e. The maximum Gasteiger partial charge on any atom is 0.226 e. The van der Waals surface area contributed by atoms with Gasteiger partial charge in [0.1, 0.15) is 5.82 Å². The summed E-state index contributed by atoms with van der Waals surface area (Å²) in [5.41, 5.74) is 0. The van der Waals surface area contributed by atoms with Gasteiger partial charge in [0.05, 0.1) is 6.20 Å². The number of anilines is 1. The minimum absolute atomic E-state index is 0.0893. The lowest BCUT2D eigenvalue weighted by molar-refractivity contribution is -0.115. The first kappa shape index (κ1) is 9.06. The van der Waals surface area contributed by atoms with Gasteiger partial charge in [0.2, 0.25) is 5.91 Å². The lowest BCUT2D eigenvalue weighted by atomic mass is 10.4. The zero-order chi connectivity index (χ0) is 8.97. The Kier molecular flexibility index (Phi) is 3.10. The average Bonchev–Trinajstić information content (AvgIpc) is 2.37. The largest absolute Gasteiger partial charge is 0.311 e. The van der Waals surface area contributed by atoms with Gasteiger partial charge in [-0.25, -0.2) is 0 Å². The van der Waals surface area contributed by atoms with Crippen LogP contribution in [0.25, 0.3) is 0 Å². The topological polar surface area (TPSA) is 46.9 Å². The molecule has 0 fully saturated rings. The monoisotopic (exact) mass is 187 g/mol. The molecule has 0 radical (unpaired) electrons. The number of halogens is 1. The average molecular weight is 188 g/mol. The van der Waals surface area contributed by atoms with E-state index in [1.165, 1.54) is 0 Å². The summed E-state index contributed by atoms with van der Waals surface area (Å²) >= 11 is 5.39. The van der Waals surface area contributed by atoms with Crippen molar-refractivity contribution in [2.24, 2.45) is 7.05 Å². The van der Waals surface area contributed by atoms with Gasteiger partial charge in [-0.1, -0.05) is 0 Å². The second-order valence-electron chi connectivity index (χ2n) is 2.33. The number of hydrogen-bond donors (Lipinski definition) is 1. The van der Waals surface area contributed by atoms with Gasteiger partial charge < -0.3 is 5.32 Å². The number of hydrogen-bond acceptors (Lipinski definition) is 2. The SMILES string of the molecule is Cn1nccc1NC(=O)CCCl. The molecule has 66 valence electrons. The Balaban J connectivity index is 2.52. The van der Waals surface area contributed by atoms with Gasteiger partial charge in [-0.15, -0.1) is 11.6 Å². The number of aromatic nitrogens is 2. The zero-order valence-corrected chi connectivity index (χ0v) is 7.51. The summed E-state index contributed by atoms with van der Waals surface area (Å²) in [5, 5.41) is 6.57. The van der Waals surface area contributed by atoms with Crippen LogP contribution in [-0.4, -0.2) is 21.6 Å². The number of amides is 1. The molecule has 0 bridgehead atoms. The lowest BCUT2D eigenvalue weighted by Gasteiger charge is -2.02. The number of aryl methyl sites for hydroxylation is 1. The highest BCUT2D eigenvalue weighted by Gasteiger charge is 2.02. The van der Waals surface area contributed by atoms with Gasteiger partial charge in [-0.2, -0.15) is 5.10 Å². The van der Waals surface area contributed by atoms with Crippen LogP contribution in [0.5, 0.6) is 0 Å². The Morgan fingerprint density at radius 3 is 3.08 bits per heavy atom. The summed E-state index contributed by atoms with van der Waals surface area (Å²) in [4.78, 5) is 11.0. The summed E-state index contributed by atoms with van der Waals surface area (Å²) in [6, 6.07) is 1.73. The normalized spacial score (nSPS) is 9.83. The zero-order valence-electron chi connectivity index (χ0n) is 6.75. The first-order chi connectivity index (χ1) is 5.74. The van der Waals surface area contributed by atoms with Crippen LogP contribution in [0.15, 0.2) is 12.3 Å². The van der Waals surface area contributed by atoms with Crippen molar-refractivity contribution in [3.63, 3.8) is 0 Å². The number of alkyl halides is 1. The van der Waals surface area contributed by atoms with Crippen LogP contribution < -0.4 is 5.32 Å². The van der Waals surface area contributed by atoms with Gasteiger partial charge in [-0.05, 0) is 0 Å². The molecule has 1 N–H and O–H groups in total. The number of nitrogens with zero attached hydrogens (tertiary/aromatic N) is 2. The molecular formula is C7H10ClN3O. The minimum atomic E-state index is -0.0893. The fraction of sp³-hybridized carbons (Fsp3) is 0.429. The molecular weight excluding hydrogens is 178 g/mol. The van der Waals surface area contributed by atoms with E-state index in [0.29, 0.717) is 18.1 Å². The van der Waals surface area contributed by atoms with E-state index in [-0.39, 0.29) is 5.91 Å². The molecule has 0 unspecified atom stereocenters. The Hall–Kier alpha value is -1.03. The van der Waals surface area contributed by atoms with E-state index in [9.17, 15) is 4.79 Å². The number of carbonyl (C=O) groups excluding carboxylic acids is 1. The maximum absolute atomic E-state index is 11.0. The Morgan fingerprint density at radius 1 is 1.83 bits per heavy atom. The van der Waals surface area contributed by atoms with Crippen LogP contribution in [0.3, 0.4) is 0 Å². The van der Waals surface area contributed by atoms with Crippen molar-refractivity contribution in [1.29, 1.82) is 0 Å². The van der Waals surface area contributed by atoms with Crippen molar-refractivity contribution in [2.45, 2.75) is 6.42 Å². The van der Waals surface area contributed by atoms with E-state index in [2.05, 4.69) is 10.4 Å². The van der Waals surface area contributed by atoms with E-state index in [4.69, 9.17) is 11.6 Å². The Morgan fingerprint density at radius 2 is 2.58 bits per heavy atom. The fourth-order valence-electron chi connectivity index (χ4n) is 0.788. The predicted octanol–water partition coefficient (Wildman–Crippen LogP) is 0.988. The molecule has 0 aliphatic carbocycles. The molecule has 0 spiro atoms. The van der Waals surface area contributed by atoms with E-state index >= 15 is 0 Å². The number of rotatable bonds is 3. The van der Waals surface area contributed by atoms with Crippen molar-refractivity contribution in [1.82, 2.24) is 9.78 Å².